The highest BCUT2D eigenvalue weighted by molar-refractivity contribution is 5.47. The van der Waals surface area contributed by atoms with Gasteiger partial charge in [0.05, 0.1) is 0 Å². The first-order chi connectivity index (χ1) is 11.8. The molecule has 0 spiro atoms. The van der Waals surface area contributed by atoms with Gasteiger partial charge in [0.25, 0.3) is 0 Å². The topological polar surface area (TPSA) is 35.2 Å². The Hall–Kier alpha value is -1.81. The number of likely N-dealkylation sites (tertiary alicyclic amines) is 1. The lowest BCUT2D eigenvalue weighted by Crippen LogP contribution is -2.48. The Morgan fingerprint density at radius 1 is 1.04 bits per heavy atom. The van der Waals surface area contributed by atoms with Gasteiger partial charge in [0.2, 0.25) is 0 Å². The fourth-order valence-corrected chi connectivity index (χ4v) is 4.31. The smallest absolute Gasteiger partial charge is 0.110 e. The van der Waals surface area contributed by atoms with Crippen LogP contribution in [0.2, 0.25) is 0 Å². The first-order valence-corrected chi connectivity index (χ1v) is 9.34. The Balaban J connectivity index is 1.34. The molecule has 2 saturated heterocycles. The van der Waals surface area contributed by atoms with Crippen LogP contribution in [-0.4, -0.2) is 47.1 Å². The van der Waals surface area contributed by atoms with Crippen molar-refractivity contribution in [2.24, 2.45) is 0 Å². The average Bonchev–Trinajstić information content (AvgIpc) is 3.17. The minimum absolute atomic E-state index is 0.587. The molecule has 1 aromatic heterocycles. The van der Waals surface area contributed by atoms with Crippen LogP contribution in [0.25, 0.3) is 0 Å². The number of nitrogens with zero attached hydrogens (tertiary/aromatic N) is 3. The molecule has 2 fully saturated rings. The quantitative estimate of drug-likeness (QED) is 0.937. The number of piperidine rings is 2. The van der Waals surface area contributed by atoms with Crippen molar-refractivity contribution in [2.75, 3.05) is 31.1 Å². The van der Waals surface area contributed by atoms with Crippen molar-refractivity contribution in [1.29, 1.82) is 0 Å². The lowest BCUT2D eigenvalue weighted by Gasteiger charge is -2.42. The summed E-state index contributed by atoms with van der Waals surface area (Å²) < 4.78 is 0. The van der Waals surface area contributed by atoms with Crippen LogP contribution in [0.3, 0.4) is 0 Å². The summed E-state index contributed by atoms with van der Waals surface area (Å²) in [6, 6.07) is 9.72. The molecule has 0 unspecified atom stereocenters. The van der Waals surface area contributed by atoms with E-state index in [1.165, 1.54) is 68.9 Å². The van der Waals surface area contributed by atoms with Crippen molar-refractivity contribution in [2.45, 2.75) is 44.6 Å². The second-order valence-corrected chi connectivity index (χ2v) is 7.36. The number of aromatic nitrogens is 2. The Bertz CT molecular complexity index is 626. The first kappa shape index (κ1) is 15.7. The van der Waals surface area contributed by atoms with Crippen molar-refractivity contribution >= 4 is 5.69 Å². The van der Waals surface area contributed by atoms with Gasteiger partial charge in [0, 0.05) is 49.7 Å². The second kappa shape index (κ2) is 6.98. The van der Waals surface area contributed by atoms with E-state index in [0.29, 0.717) is 5.92 Å². The zero-order chi connectivity index (χ0) is 16.4. The van der Waals surface area contributed by atoms with Gasteiger partial charge in [-0.2, -0.15) is 0 Å². The highest BCUT2D eigenvalue weighted by Gasteiger charge is 2.30. The lowest BCUT2D eigenvalue weighted by molar-refractivity contribution is 0.126. The largest absolute Gasteiger partial charge is 0.371 e. The monoisotopic (exact) mass is 324 g/mol. The summed E-state index contributed by atoms with van der Waals surface area (Å²) in [5.41, 5.74) is 2.72. The van der Waals surface area contributed by atoms with Gasteiger partial charge in [0.15, 0.2) is 0 Å². The molecule has 0 aliphatic carbocycles. The molecule has 4 heteroatoms. The van der Waals surface area contributed by atoms with Gasteiger partial charge in [-0.15, -0.1) is 0 Å². The summed E-state index contributed by atoms with van der Waals surface area (Å²) in [6.07, 6.45) is 8.95. The van der Waals surface area contributed by atoms with E-state index >= 15 is 0 Å². The molecule has 0 radical (unpaired) electrons. The van der Waals surface area contributed by atoms with E-state index in [1.54, 1.807) is 0 Å². The average molecular weight is 324 g/mol. The van der Waals surface area contributed by atoms with E-state index in [4.69, 9.17) is 0 Å². The van der Waals surface area contributed by atoms with E-state index in [2.05, 4.69) is 51.0 Å². The summed E-state index contributed by atoms with van der Waals surface area (Å²) in [5, 5.41) is 0. The fraction of sp³-hybridized carbons (Fsp3) is 0.550. The highest BCUT2D eigenvalue weighted by atomic mass is 15.2. The lowest BCUT2D eigenvalue weighted by atomic mass is 9.93. The predicted molar refractivity (Wildman–Crippen MR) is 98.5 cm³/mol. The molecule has 4 nitrogen and oxygen atoms in total. The van der Waals surface area contributed by atoms with Gasteiger partial charge < -0.3 is 9.88 Å². The van der Waals surface area contributed by atoms with Crippen molar-refractivity contribution in [3.05, 3.63) is 48.0 Å². The van der Waals surface area contributed by atoms with E-state index in [-0.39, 0.29) is 0 Å². The molecule has 1 atom stereocenters. The van der Waals surface area contributed by atoms with Crippen LogP contribution in [0.15, 0.2) is 36.7 Å². The number of rotatable bonds is 3. The van der Waals surface area contributed by atoms with Crippen LogP contribution in [-0.2, 0) is 0 Å². The Morgan fingerprint density at radius 2 is 1.83 bits per heavy atom. The minimum atomic E-state index is 0.587. The van der Waals surface area contributed by atoms with Crippen LogP contribution in [0, 0.1) is 6.92 Å². The predicted octanol–water partition coefficient (Wildman–Crippen LogP) is 3.57. The first-order valence-electron chi connectivity index (χ1n) is 9.34. The summed E-state index contributed by atoms with van der Waals surface area (Å²) in [4.78, 5) is 13.1. The van der Waals surface area contributed by atoms with Crippen molar-refractivity contribution in [1.82, 2.24) is 14.9 Å². The molecular formula is C20H28N4. The van der Waals surface area contributed by atoms with Gasteiger partial charge >= 0.3 is 0 Å². The van der Waals surface area contributed by atoms with Crippen LogP contribution in [0.4, 0.5) is 5.69 Å². The molecule has 1 aromatic carbocycles. The summed E-state index contributed by atoms with van der Waals surface area (Å²) in [7, 11) is 0. The number of benzene rings is 1. The number of aromatic amines is 1. The molecule has 128 valence electrons. The molecule has 2 aliphatic rings. The third kappa shape index (κ3) is 3.34. The zero-order valence-electron chi connectivity index (χ0n) is 14.6. The van der Waals surface area contributed by atoms with Crippen molar-refractivity contribution in [3.8, 4) is 0 Å². The molecule has 0 amide bonds. The van der Waals surface area contributed by atoms with E-state index < -0.39 is 0 Å². The number of hydrogen-bond acceptors (Lipinski definition) is 3. The van der Waals surface area contributed by atoms with E-state index in [1.807, 2.05) is 12.4 Å². The maximum absolute atomic E-state index is 4.49. The molecule has 3 heterocycles. The SMILES string of the molecule is Cc1ccc(N2CCC(N3CCC[C@H](c4ncc[nH]4)C3)CC2)cc1. The van der Waals surface area contributed by atoms with Crippen LogP contribution in [0.1, 0.15) is 43.0 Å². The van der Waals surface area contributed by atoms with Crippen LogP contribution < -0.4 is 4.90 Å². The number of hydrogen-bond donors (Lipinski definition) is 1. The molecule has 4 rings (SSSR count). The number of aryl methyl sites for hydroxylation is 1. The molecule has 0 bridgehead atoms. The number of anilines is 1. The summed E-state index contributed by atoms with van der Waals surface area (Å²) in [6.45, 7) is 6.93. The maximum atomic E-state index is 4.49. The normalized spacial score (nSPS) is 23.5. The van der Waals surface area contributed by atoms with Gasteiger partial charge in [-0.25, -0.2) is 4.98 Å². The molecule has 24 heavy (non-hydrogen) atoms. The molecular weight excluding hydrogens is 296 g/mol. The second-order valence-electron chi connectivity index (χ2n) is 7.36. The fourth-order valence-electron chi connectivity index (χ4n) is 4.31. The number of nitrogens with one attached hydrogen (secondary N) is 1. The third-order valence-corrected chi connectivity index (χ3v) is 5.74. The van der Waals surface area contributed by atoms with Crippen molar-refractivity contribution < 1.29 is 0 Å². The molecule has 2 aliphatic heterocycles. The van der Waals surface area contributed by atoms with Gasteiger partial charge in [-0.3, -0.25) is 4.90 Å². The Kier molecular flexibility index (Phi) is 4.56. The van der Waals surface area contributed by atoms with Crippen LogP contribution in [0.5, 0.6) is 0 Å². The Labute approximate surface area is 144 Å². The van der Waals surface area contributed by atoms with Gasteiger partial charge in [-0.05, 0) is 51.3 Å². The standard InChI is InChI=1S/C20H28N4/c1-16-4-6-18(7-5-16)23-13-8-19(9-14-23)24-12-2-3-17(15-24)20-21-10-11-22-20/h4-7,10-11,17,19H,2-3,8-9,12-15H2,1H3,(H,21,22)/t17-/m0/s1. The molecule has 2 aromatic rings. The summed E-state index contributed by atoms with van der Waals surface area (Å²) in [5.74, 6) is 1.76. The van der Waals surface area contributed by atoms with Gasteiger partial charge in [-0.1, -0.05) is 17.7 Å². The van der Waals surface area contributed by atoms with Gasteiger partial charge in [0.1, 0.15) is 5.82 Å². The van der Waals surface area contributed by atoms with Crippen molar-refractivity contribution in [3.63, 3.8) is 0 Å². The molecule has 0 saturated carbocycles. The zero-order valence-corrected chi connectivity index (χ0v) is 14.6. The Morgan fingerprint density at radius 3 is 2.54 bits per heavy atom. The van der Waals surface area contributed by atoms with Crippen LogP contribution >= 0.6 is 0 Å². The number of imidazole rings is 1. The van der Waals surface area contributed by atoms with E-state index in [0.717, 1.165) is 6.04 Å². The van der Waals surface area contributed by atoms with E-state index in [9.17, 15) is 0 Å². The maximum Gasteiger partial charge on any atom is 0.110 e. The minimum Gasteiger partial charge on any atom is -0.371 e. The highest BCUT2D eigenvalue weighted by Crippen LogP contribution is 2.29. The molecule has 1 N–H and O–H groups in total. The third-order valence-electron chi connectivity index (χ3n) is 5.74. The number of H-pyrrole nitrogens is 1. The summed E-state index contributed by atoms with van der Waals surface area (Å²) >= 11 is 0.